The predicted molar refractivity (Wildman–Crippen MR) is 58.5 cm³/mol. The van der Waals surface area contributed by atoms with Gasteiger partial charge in [-0.1, -0.05) is 25.1 Å². The largest absolute Gasteiger partial charge is 0.478 e. The number of carbonyl (C=O) groups is 1. The highest BCUT2D eigenvalue weighted by molar-refractivity contribution is 7.96. The molecule has 1 aromatic rings. The van der Waals surface area contributed by atoms with Crippen molar-refractivity contribution in [1.82, 2.24) is 0 Å². The summed E-state index contributed by atoms with van der Waals surface area (Å²) in [6, 6.07) is 6.19. The summed E-state index contributed by atoms with van der Waals surface area (Å²) in [5.74, 6) is -1.19. The van der Waals surface area contributed by atoms with Gasteiger partial charge in [-0.25, -0.2) is 13.2 Å². The quantitative estimate of drug-likeness (QED) is 0.850. The van der Waals surface area contributed by atoms with Crippen LogP contribution in [0, 0.1) is 0 Å². The molecule has 5 heteroatoms. The molecule has 1 heterocycles. The number of rotatable bonds is 2. The number of carboxylic acid groups (broad SMARTS) is 1. The van der Waals surface area contributed by atoms with Crippen LogP contribution in [0.2, 0.25) is 0 Å². The molecule has 0 unspecified atom stereocenters. The lowest BCUT2D eigenvalue weighted by atomic mass is 10.1. The van der Waals surface area contributed by atoms with Crippen LogP contribution >= 0.6 is 0 Å². The average molecular weight is 238 g/mol. The third-order valence-corrected chi connectivity index (χ3v) is 4.66. The Morgan fingerprint density at radius 2 is 1.94 bits per heavy atom. The molecule has 0 aromatic heterocycles. The van der Waals surface area contributed by atoms with Gasteiger partial charge in [-0.3, -0.25) is 0 Å². The van der Waals surface area contributed by atoms with Crippen molar-refractivity contribution in [1.29, 1.82) is 0 Å². The van der Waals surface area contributed by atoms with Gasteiger partial charge in [0.05, 0.1) is 15.4 Å². The average Bonchev–Trinajstić information content (AvgIpc) is 2.47. The van der Waals surface area contributed by atoms with Gasteiger partial charge >= 0.3 is 5.97 Å². The normalized spacial score (nSPS) is 17.3. The van der Waals surface area contributed by atoms with Gasteiger partial charge in [0, 0.05) is 5.56 Å². The number of aliphatic carboxylic acids is 1. The Bertz CT molecular complexity index is 596. The van der Waals surface area contributed by atoms with Gasteiger partial charge in [0.25, 0.3) is 0 Å². The first-order valence-electron chi connectivity index (χ1n) is 4.81. The summed E-state index contributed by atoms with van der Waals surface area (Å²) in [5, 5.41) is 9.07. The second-order valence-corrected chi connectivity index (χ2v) is 5.40. The molecule has 0 aliphatic carbocycles. The third-order valence-electron chi connectivity index (χ3n) is 2.58. The van der Waals surface area contributed by atoms with Gasteiger partial charge in [0.1, 0.15) is 0 Å². The van der Waals surface area contributed by atoms with E-state index >= 15 is 0 Å². The molecule has 1 aliphatic rings. The van der Waals surface area contributed by atoms with E-state index in [-0.39, 0.29) is 21.8 Å². The maximum atomic E-state index is 12.0. The number of benzene rings is 1. The molecular weight excluding hydrogens is 228 g/mol. The van der Waals surface area contributed by atoms with E-state index in [1.165, 1.54) is 12.1 Å². The van der Waals surface area contributed by atoms with E-state index in [2.05, 4.69) is 0 Å². The summed E-state index contributed by atoms with van der Waals surface area (Å²) in [6.45, 7) is 1.64. The third kappa shape index (κ3) is 1.28. The second-order valence-electron chi connectivity index (χ2n) is 3.46. The van der Waals surface area contributed by atoms with Crippen LogP contribution in [0.3, 0.4) is 0 Å². The maximum Gasteiger partial charge on any atom is 0.337 e. The first-order chi connectivity index (χ1) is 7.50. The standard InChI is InChI=1S/C11H10O4S/c1-2-8-10(11(12)13)7-5-3-4-6-9(7)16(8,14)15/h3-6H,2H2,1H3,(H,12,13). The minimum absolute atomic E-state index is 0.00111. The van der Waals surface area contributed by atoms with E-state index in [0.717, 1.165) is 0 Å². The highest BCUT2D eigenvalue weighted by atomic mass is 32.2. The first-order valence-corrected chi connectivity index (χ1v) is 6.29. The Kier molecular flexibility index (Phi) is 2.35. The van der Waals surface area contributed by atoms with Crippen LogP contribution in [0.5, 0.6) is 0 Å². The Hall–Kier alpha value is -1.62. The summed E-state index contributed by atoms with van der Waals surface area (Å²) in [4.78, 5) is 11.2. The molecular formula is C11H10O4S. The van der Waals surface area contributed by atoms with E-state index in [0.29, 0.717) is 5.56 Å². The molecule has 0 saturated carbocycles. The molecule has 4 nitrogen and oxygen atoms in total. The Morgan fingerprint density at radius 3 is 2.50 bits per heavy atom. The lowest BCUT2D eigenvalue weighted by Crippen LogP contribution is -2.02. The summed E-state index contributed by atoms with van der Waals surface area (Å²) in [7, 11) is -3.59. The van der Waals surface area contributed by atoms with Crippen LogP contribution in [0.4, 0.5) is 0 Å². The van der Waals surface area contributed by atoms with Crippen molar-refractivity contribution in [3.63, 3.8) is 0 Å². The zero-order valence-corrected chi connectivity index (χ0v) is 9.41. The first kappa shape index (κ1) is 10.9. The molecule has 1 N–H and O–H groups in total. The van der Waals surface area contributed by atoms with Gasteiger partial charge in [-0.05, 0) is 12.5 Å². The van der Waals surface area contributed by atoms with E-state index in [1.807, 2.05) is 0 Å². The smallest absolute Gasteiger partial charge is 0.337 e. The Labute approximate surface area is 93.1 Å². The number of carboxylic acids is 1. The molecule has 1 aliphatic heterocycles. The lowest BCUT2D eigenvalue weighted by Gasteiger charge is -1.99. The molecule has 0 saturated heterocycles. The number of sulfone groups is 1. The summed E-state index contributed by atoms with van der Waals surface area (Å²) < 4.78 is 24.0. The van der Waals surface area contributed by atoms with Crippen LogP contribution in [0.1, 0.15) is 18.9 Å². The van der Waals surface area contributed by atoms with Crippen molar-refractivity contribution in [2.75, 3.05) is 0 Å². The highest BCUT2D eigenvalue weighted by Gasteiger charge is 2.37. The summed E-state index contributed by atoms with van der Waals surface area (Å²) in [6.07, 6.45) is 0.193. The van der Waals surface area contributed by atoms with Crippen molar-refractivity contribution in [2.24, 2.45) is 0 Å². The lowest BCUT2D eigenvalue weighted by molar-refractivity contribution is -0.130. The number of hydrogen-bond acceptors (Lipinski definition) is 3. The van der Waals surface area contributed by atoms with Crippen molar-refractivity contribution in [2.45, 2.75) is 18.2 Å². The summed E-state index contributed by atoms with van der Waals surface area (Å²) in [5.41, 5.74) is 0.213. The molecule has 1 aromatic carbocycles. The van der Waals surface area contributed by atoms with Gasteiger partial charge < -0.3 is 5.11 Å². The topological polar surface area (TPSA) is 71.4 Å². The molecule has 16 heavy (non-hydrogen) atoms. The monoisotopic (exact) mass is 238 g/mol. The fraction of sp³-hybridized carbons (Fsp3) is 0.182. The summed E-state index contributed by atoms with van der Waals surface area (Å²) >= 11 is 0. The van der Waals surface area contributed by atoms with Crippen LogP contribution < -0.4 is 0 Å². The highest BCUT2D eigenvalue weighted by Crippen LogP contribution is 2.40. The number of hydrogen-bond donors (Lipinski definition) is 1. The molecule has 0 radical (unpaired) electrons. The van der Waals surface area contributed by atoms with E-state index in [9.17, 15) is 13.2 Å². The van der Waals surface area contributed by atoms with E-state index in [4.69, 9.17) is 5.11 Å². The number of allylic oxidation sites excluding steroid dienone is 1. The van der Waals surface area contributed by atoms with Crippen molar-refractivity contribution in [3.8, 4) is 0 Å². The van der Waals surface area contributed by atoms with Gasteiger partial charge in [-0.15, -0.1) is 0 Å². The van der Waals surface area contributed by atoms with Crippen LogP contribution in [-0.4, -0.2) is 19.5 Å². The SMILES string of the molecule is CCC1=C(C(=O)O)c2ccccc2S1(=O)=O. The molecule has 0 bridgehead atoms. The minimum atomic E-state index is -3.59. The number of fused-ring (bicyclic) bond motifs is 1. The zero-order valence-electron chi connectivity index (χ0n) is 8.60. The molecule has 0 fully saturated rings. The second kappa shape index (κ2) is 3.45. The molecule has 84 valence electrons. The fourth-order valence-electron chi connectivity index (χ4n) is 1.93. The predicted octanol–water partition coefficient (Wildman–Crippen LogP) is 1.68. The zero-order chi connectivity index (χ0) is 11.9. The van der Waals surface area contributed by atoms with Gasteiger partial charge in [0.2, 0.25) is 9.84 Å². The van der Waals surface area contributed by atoms with E-state index < -0.39 is 15.8 Å². The minimum Gasteiger partial charge on any atom is -0.478 e. The molecule has 0 atom stereocenters. The van der Waals surface area contributed by atoms with Gasteiger partial charge in [0.15, 0.2) is 0 Å². The Balaban J connectivity index is 2.87. The van der Waals surface area contributed by atoms with Crippen molar-refractivity contribution >= 4 is 21.4 Å². The van der Waals surface area contributed by atoms with E-state index in [1.54, 1.807) is 19.1 Å². The van der Waals surface area contributed by atoms with Crippen molar-refractivity contribution in [3.05, 3.63) is 34.7 Å². The fourth-order valence-corrected chi connectivity index (χ4v) is 3.75. The van der Waals surface area contributed by atoms with Gasteiger partial charge in [-0.2, -0.15) is 0 Å². The Morgan fingerprint density at radius 1 is 1.31 bits per heavy atom. The van der Waals surface area contributed by atoms with Crippen LogP contribution in [0.15, 0.2) is 34.1 Å². The molecule has 0 spiro atoms. The van der Waals surface area contributed by atoms with Crippen molar-refractivity contribution < 1.29 is 18.3 Å². The molecule has 2 rings (SSSR count). The van der Waals surface area contributed by atoms with Crippen LogP contribution in [-0.2, 0) is 14.6 Å². The maximum absolute atomic E-state index is 12.0. The molecule has 0 amide bonds. The van der Waals surface area contributed by atoms with Crippen LogP contribution in [0.25, 0.3) is 5.57 Å².